The number of nitrogens with one attached hydrogen (secondary N) is 1. The number of nitro groups is 1. The van der Waals surface area contributed by atoms with Crippen LogP contribution in [0.2, 0.25) is 0 Å². The number of rotatable bonds is 5. The zero-order valence-electron chi connectivity index (χ0n) is 10.6. The molecule has 0 bridgehead atoms. The molecule has 8 nitrogen and oxygen atoms in total. The third kappa shape index (κ3) is 3.14. The van der Waals surface area contributed by atoms with Gasteiger partial charge in [-0.2, -0.15) is 9.97 Å². The van der Waals surface area contributed by atoms with Crippen LogP contribution in [0.15, 0.2) is 6.20 Å². The zero-order chi connectivity index (χ0) is 13.7. The van der Waals surface area contributed by atoms with Crippen LogP contribution < -0.4 is 14.4 Å². The first-order valence-corrected chi connectivity index (χ1v) is 5.12. The van der Waals surface area contributed by atoms with E-state index in [-0.39, 0.29) is 23.3 Å². The van der Waals surface area contributed by atoms with Gasteiger partial charge in [0.25, 0.3) is 0 Å². The van der Waals surface area contributed by atoms with E-state index in [0.717, 1.165) is 4.90 Å². The Morgan fingerprint density at radius 3 is 2.39 bits per heavy atom. The van der Waals surface area contributed by atoms with Crippen LogP contribution in [0.1, 0.15) is 5.69 Å². The van der Waals surface area contributed by atoms with Crippen molar-refractivity contribution in [2.75, 3.05) is 28.3 Å². The Morgan fingerprint density at radius 1 is 1.28 bits per heavy atom. The Morgan fingerprint density at radius 2 is 1.94 bits per heavy atom. The van der Waals surface area contributed by atoms with E-state index in [4.69, 9.17) is 9.47 Å². The molecule has 1 aromatic heterocycles. The zero-order valence-corrected chi connectivity index (χ0v) is 10.6. The van der Waals surface area contributed by atoms with Crippen LogP contribution in [0, 0.1) is 10.1 Å². The second-order valence-electron chi connectivity index (χ2n) is 3.62. The fraction of sp³-hybridized carbons (Fsp3) is 0.400. The third-order valence-electron chi connectivity index (χ3n) is 1.99. The molecule has 0 aliphatic heterocycles. The Hall–Kier alpha value is -2.22. The predicted molar refractivity (Wildman–Crippen MR) is 63.6 cm³/mol. The lowest BCUT2D eigenvalue weighted by Crippen LogP contribution is -3.00. The quantitative estimate of drug-likeness (QED) is 0.564. The minimum Gasteiger partial charge on any atom is -0.476 e. The number of quaternary nitrogens is 1. The smallest absolute Gasteiger partial charge is 0.356 e. The summed E-state index contributed by atoms with van der Waals surface area (Å²) in [6.45, 7) is 0. The molecule has 98 valence electrons. The summed E-state index contributed by atoms with van der Waals surface area (Å²) in [7, 11) is 6.43. The van der Waals surface area contributed by atoms with Crippen molar-refractivity contribution < 1.29 is 19.3 Å². The summed E-state index contributed by atoms with van der Waals surface area (Å²) in [6.07, 6.45) is 3.24. The summed E-state index contributed by atoms with van der Waals surface area (Å²) >= 11 is 0. The van der Waals surface area contributed by atoms with Gasteiger partial charge in [0.05, 0.1) is 39.4 Å². The Bertz CT molecular complexity index is 473. The van der Waals surface area contributed by atoms with Gasteiger partial charge in [-0.15, -0.1) is 0 Å². The van der Waals surface area contributed by atoms with E-state index in [2.05, 4.69) is 9.97 Å². The van der Waals surface area contributed by atoms with Gasteiger partial charge >= 0.3 is 17.6 Å². The van der Waals surface area contributed by atoms with Gasteiger partial charge in [0.15, 0.2) is 5.69 Å². The summed E-state index contributed by atoms with van der Waals surface area (Å²) in [5.41, 5.74) is -0.138. The lowest BCUT2D eigenvalue weighted by atomic mass is 10.3. The second kappa shape index (κ2) is 5.92. The number of nitrogens with zero attached hydrogens (tertiary/aromatic N) is 3. The molecule has 0 radical (unpaired) electrons. The van der Waals surface area contributed by atoms with Crippen LogP contribution in [0.5, 0.6) is 11.9 Å². The maximum Gasteiger partial charge on any atom is 0.356 e. The van der Waals surface area contributed by atoms with Crippen molar-refractivity contribution in [2.24, 2.45) is 0 Å². The van der Waals surface area contributed by atoms with Gasteiger partial charge in [-0.25, -0.2) is 0 Å². The lowest BCUT2D eigenvalue weighted by molar-refractivity contribution is -0.800. The topological polar surface area (TPSA) is 91.8 Å². The summed E-state index contributed by atoms with van der Waals surface area (Å²) in [5, 5.41) is 11.0. The van der Waals surface area contributed by atoms with Crippen molar-refractivity contribution in [1.82, 2.24) is 9.97 Å². The molecule has 18 heavy (non-hydrogen) atoms. The molecule has 0 saturated carbocycles. The molecule has 0 amide bonds. The van der Waals surface area contributed by atoms with E-state index in [9.17, 15) is 10.1 Å². The van der Waals surface area contributed by atoms with Crippen LogP contribution in [-0.2, 0) is 0 Å². The highest BCUT2D eigenvalue weighted by molar-refractivity contribution is 5.60. The van der Waals surface area contributed by atoms with Gasteiger partial charge in [-0.05, 0) is 0 Å². The number of ether oxygens (including phenoxy) is 2. The number of methoxy groups -OCH3 is 2. The third-order valence-corrected chi connectivity index (χ3v) is 1.99. The number of aromatic nitrogens is 2. The summed E-state index contributed by atoms with van der Waals surface area (Å²) in [5.74, 6) is -0.125. The molecule has 8 heteroatoms. The first kappa shape index (κ1) is 13.8. The SMILES string of the molecule is COc1nc(/C=C/[NH+](C)C)c([N+](=O)[O-])c(OC)n1. The molecular weight excluding hydrogens is 240 g/mol. The molecule has 1 aromatic rings. The van der Waals surface area contributed by atoms with Crippen molar-refractivity contribution in [3.05, 3.63) is 22.0 Å². The highest BCUT2D eigenvalue weighted by Gasteiger charge is 2.24. The van der Waals surface area contributed by atoms with Crippen LogP contribution in [0.4, 0.5) is 5.69 Å². The normalized spacial score (nSPS) is 10.9. The van der Waals surface area contributed by atoms with Gasteiger partial charge < -0.3 is 14.4 Å². The molecule has 0 aliphatic rings. The van der Waals surface area contributed by atoms with E-state index in [0.29, 0.717) is 0 Å². The molecule has 0 aromatic carbocycles. The first-order chi connectivity index (χ1) is 8.49. The molecule has 0 atom stereocenters. The molecule has 0 spiro atoms. The van der Waals surface area contributed by atoms with E-state index in [1.54, 1.807) is 6.20 Å². The Labute approximate surface area is 104 Å². The molecule has 0 saturated heterocycles. The summed E-state index contributed by atoms with van der Waals surface area (Å²) < 4.78 is 9.76. The Balaban J connectivity index is 3.39. The fourth-order valence-corrected chi connectivity index (χ4v) is 1.20. The molecule has 0 unspecified atom stereocenters. The van der Waals surface area contributed by atoms with Gasteiger partial charge in [0.2, 0.25) is 0 Å². The van der Waals surface area contributed by atoms with Crippen molar-refractivity contribution in [3.63, 3.8) is 0 Å². The van der Waals surface area contributed by atoms with E-state index >= 15 is 0 Å². The second-order valence-corrected chi connectivity index (χ2v) is 3.62. The van der Waals surface area contributed by atoms with Crippen molar-refractivity contribution >= 4 is 11.8 Å². The summed E-state index contributed by atoms with van der Waals surface area (Å²) in [6, 6.07) is 0.0193. The highest BCUT2D eigenvalue weighted by Crippen LogP contribution is 2.30. The first-order valence-electron chi connectivity index (χ1n) is 5.12. The van der Waals surface area contributed by atoms with Crippen molar-refractivity contribution in [3.8, 4) is 11.9 Å². The molecule has 1 heterocycles. The van der Waals surface area contributed by atoms with Gasteiger partial charge in [-0.3, -0.25) is 10.1 Å². The van der Waals surface area contributed by atoms with Gasteiger partial charge in [0, 0.05) is 6.08 Å². The van der Waals surface area contributed by atoms with E-state index in [1.807, 2.05) is 14.1 Å². The number of hydrogen-bond donors (Lipinski definition) is 1. The minimum atomic E-state index is -0.580. The van der Waals surface area contributed by atoms with Crippen molar-refractivity contribution in [1.29, 1.82) is 0 Å². The monoisotopic (exact) mass is 255 g/mol. The average molecular weight is 255 g/mol. The van der Waals surface area contributed by atoms with E-state index in [1.165, 1.54) is 20.3 Å². The predicted octanol–water partition coefficient (Wildman–Crippen LogP) is -0.483. The lowest BCUT2D eigenvalue weighted by Gasteiger charge is -2.05. The van der Waals surface area contributed by atoms with Gasteiger partial charge in [-0.1, -0.05) is 0 Å². The average Bonchev–Trinajstić information content (AvgIpc) is 2.34. The standard InChI is InChI=1S/C10H14N4O4/c1-13(2)6-5-7-8(14(15)16)9(17-3)12-10(11-7)18-4/h5-6H,1-4H3/p+1/b6-5+. The highest BCUT2D eigenvalue weighted by atomic mass is 16.6. The minimum absolute atomic E-state index is 0.0193. The maximum atomic E-state index is 11.0. The number of hydrogen-bond acceptors (Lipinski definition) is 6. The molecule has 1 rings (SSSR count). The molecule has 0 fully saturated rings. The van der Waals surface area contributed by atoms with Gasteiger partial charge in [0.1, 0.15) is 0 Å². The largest absolute Gasteiger partial charge is 0.476 e. The maximum absolute atomic E-state index is 11.0. The Kier molecular flexibility index (Phi) is 4.55. The fourth-order valence-electron chi connectivity index (χ4n) is 1.20. The van der Waals surface area contributed by atoms with Crippen molar-refractivity contribution in [2.45, 2.75) is 0 Å². The molecule has 1 N–H and O–H groups in total. The van der Waals surface area contributed by atoms with Crippen LogP contribution in [-0.4, -0.2) is 43.2 Å². The van der Waals surface area contributed by atoms with Crippen LogP contribution in [0.3, 0.4) is 0 Å². The molecule has 0 aliphatic carbocycles. The summed E-state index contributed by atoms with van der Waals surface area (Å²) in [4.78, 5) is 19.1. The molecular formula is C10H15N4O4+. The van der Waals surface area contributed by atoms with E-state index < -0.39 is 4.92 Å². The van der Waals surface area contributed by atoms with Crippen LogP contribution >= 0.6 is 0 Å². The van der Waals surface area contributed by atoms with Crippen LogP contribution in [0.25, 0.3) is 6.08 Å².